The first kappa shape index (κ1) is 16.7. The molecule has 1 aliphatic carbocycles. The molecular formula is C20H24N2O2. The summed E-state index contributed by atoms with van der Waals surface area (Å²) in [6.07, 6.45) is 7.64. The zero-order chi connectivity index (χ0) is 16.9. The Morgan fingerprint density at radius 1 is 1.08 bits per heavy atom. The Hall–Kier alpha value is -2.20. The van der Waals surface area contributed by atoms with Crippen molar-refractivity contribution in [3.63, 3.8) is 0 Å². The van der Waals surface area contributed by atoms with Gasteiger partial charge in [-0.25, -0.2) is 0 Å². The van der Waals surface area contributed by atoms with Crippen molar-refractivity contribution >= 4 is 6.47 Å². The van der Waals surface area contributed by atoms with Crippen LogP contribution in [0.2, 0.25) is 0 Å². The maximum absolute atomic E-state index is 8.36. The minimum absolute atomic E-state index is 0.250. The molecule has 2 saturated heterocycles. The third-order valence-corrected chi connectivity index (χ3v) is 5.40. The number of rotatable bonds is 2. The first-order valence-electron chi connectivity index (χ1n) is 8.55. The Morgan fingerprint density at radius 3 is 2.29 bits per heavy atom. The predicted molar refractivity (Wildman–Crippen MR) is 94.6 cm³/mol. The van der Waals surface area contributed by atoms with E-state index >= 15 is 0 Å². The lowest BCUT2D eigenvalue weighted by atomic mass is 9.73. The molecule has 1 N–H and O–H groups in total. The quantitative estimate of drug-likeness (QED) is 0.849. The number of fused-ring (bicyclic) bond motifs is 3. The van der Waals surface area contributed by atoms with Gasteiger partial charge in [0.25, 0.3) is 6.47 Å². The van der Waals surface area contributed by atoms with Gasteiger partial charge in [-0.3, -0.25) is 14.7 Å². The van der Waals surface area contributed by atoms with Crippen molar-refractivity contribution in [2.24, 2.45) is 5.92 Å². The van der Waals surface area contributed by atoms with Gasteiger partial charge in [0.15, 0.2) is 0 Å². The van der Waals surface area contributed by atoms with Crippen LogP contribution >= 0.6 is 0 Å². The Balaban J connectivity index is 0.000000526. The molecule has 5 rings (SSSR count). The summed E-state index contributed by atoms with van der Waals surface area (Å²) in [5.41, 5.74) is 3.66. The molecule has 1 saturated carbocycles. The van der Waals surface area contributed by atoms with Gasteiger partial charge in [0, 0.05) is 23.8 Å². The summed E-state index contributed by atoms with van der Waals surface area (Å²) < 4.78 is 0. The molecule has 0 radical (unpaired) electrons. The summed E-state index contributed by atoms with van der Waals surface area (Å²) in [7, 11) is 2.30. The molecule has 126 valence electrons. The third-order valence-electron chi connectivity index (χ3n) is 5.40. The molecular weight excluding hydrogens is 300 g/mol. The van der Waals surface area contributed by atoms with Crippen molar-refractivity contribution < 1.29 is 9.90 Å². The molecule has 1 aromatic heterocycles. The van der Waals surface area contributed by atoms with Crippen LogP contribution in [0.5, 0.6) is 0 Å². The maximum atomic E-state index is 8.36. The van der Waals surface area contributed by atoms with Gasteiger partial charge in [0.1, 0.15) is 0 Å². The first-order chi connectivity index (χ1) is 11.7. The van der Waals surface area contributed by atoms with Gasteiger partial charge in [0.05, 0.1) is 5.69 Å². The lowest BCUT2D eigenvalue weighted by molar-refractivity contribution is -0.122. The highest BCUT2D eigenvalue weighted by Gasteiger charge is 2.40. The summed E-state index contributed by atoms with van der Waals surface area (Å²) in [5.74, 6) is 0.823. The minimum atomic E-state index is -0.250. The molecule has 24 heavy (non-hydrogen) atoms. The number of carbonyl (C=O) groups is 1. The van der Waals surface area contributed by atoms with Gasteiger partial charge in [-0.15, -0.1) is 0 Å². The van der Waals surface area contributed by atoms with Gasteiger partial charge >= 0.3 is 0 Å². The molecule has 2 aromatic rings. The summed E-state index contributed by atoms with van der Waals surface area (Å²) in [6.45, 7) is -0.250. The maximum Gasteiger partial charge on any atom is 0.290 e. The van der Waals surface area contributed by atoms with E-state index in [9.17, 15) is 0 Å². The molecule has 4 heteroatoms. The van der Waals surface area contributed by atoms with Crippen LogP contribution in [0, 0.1) is 5.92 Å². The van der Waals surface area contributed by atoms with E-state index in [0.29, 0.717) is 6.04 Å². The van der Waals surface area contributed by atoms with Crippen LogP contribution in [0.1, 0.15) is 37.3 Å². The molecule has 3 heterocycles. The van der Waals surface area contributed by atoms with Gasteiger partial charge in [-0.05, 0) is 50.3 Å². The molecule has 2 aliphatic heterocycles. The number of piperidine rings is 2. The van der Waals surface area contributed by atoms with E-state index in [0.717, 1.165) is 17.7 Å². The zero-order valence-corrected chi connectivity index (χ0v) is 14.0. The van der Waals surface area contributed by atoms with Crippen molar-refractivity contribution in [1.82, 2.24) is 9.88 Å². The van der Waals surface area contributed by atoms with Crippen LogP contribution in [-0.4, -0.2) is 34.6 Å². The average molecular weight is 324 g/mol. The Kier molecular flexibility index (Phi) is 5.26. The number of pyridine rings is 1. The normalized spacial score (nSPS) is 25.6. The molecule has 4 nitrogen and oxygen atoms in total. The van der Waals surface area contributed by atoms with E-state index in [1.807, 2.05) is 6.07 Å². The van der Waals surface area contributed by atoms with E-state index in [1.165, 1.54) is 36.8 Å². The van der Waals surface area contributed by atoms with Gasteiger partial charge in [0.2, 0.25) is 0 Å². The molecule has 0 spiro atoms. The van der Waals surface area contributed by atoms with Gasteiger partial charge < -0.3 is 5.11 Å². The molecule has 0 amide bonds. The lowest BCUT2D eigenvalue weighted by Crippen LogP contribution is -2.47. The molecule has 1 unspecified atom stereocenters. The molecule has 2 bridgehead atoms. The van der Waals surface area contributed by atoms with Crippen LogP contribution in [0.15, 0.2) is 48.7 Å². The first-order valence-corrected chi connectivity index (χ1v) is 8.55. The van der Waals surface area contributed by atoms with Gasteiger partial charge in [-0.1, -0.05) is 36.4 Å². The van der Waals surface area contributed by atoms with Crippen LogP contribution in [0.3, 0.4) is 0 Å². The summed E-state index contributed by atoms with van der Waals surface area (Å²) >= 11 is 0. The zero-order valence-electron chi connectivity index (χ0n) is 14.0. The second kappa shape index (κ2) is 7.58. The van der Waals surface area contributed by atoms with Crippen molar-refractivity contribution in [1.29, 1.82) is 0 Å². The molecule has 3 fully saturated rings. The summed E-state index contributed by atoms with van der Waals surface area (Å²) in [6, 6.07) is 16.3. The number of carboxylic acid groups (broad SMARTS) is 1. The SMILES string of the molecule is CN1C2CCC(CC2)C1c1ccc(-c2ccccc2)nc1.O=CO. The van der Waals surface area contributed by atoms with Gasteiger partial charge in [-0.2, -0.15) is 0 Å². The fraction of sp³-hybridized carbons (Fsp3) is 0.400. The Morgan fingerprint density at radius 2 is 1.75 bits per heavy atom. The van der Waals surface area contributed by atoms with Crippen molar-refractivity contribution in [3.8, 4) is 11.3 Å². The number of nitrogens with zero attached hydrogens (tertiary/aromatic N) is 2. The smallest absolute Gasteiger partial charge is 0.290 e. The predicted octanol–water partition coefficient (Wildman–Crippen LogP) is 3.99. The van der Waals surface area contributed by atoms with Crippen LogP contribution in [0.25, 0.3) is 11.3 Å². The minimum Gasteiger partial charge on any atom is -0.483 e. The largest absolute Gasteiger partial charge is 0.483 e. The molecule has 1 atom stereocenters. The highest BCUT2D eigenvalue weighted by molar-refractivity contribution is 5.58. The highest BCUT2D eigenvalue weighted by atomic mass is 16.3. The average Bonchev–Trinajstić information content (AvgIpc) is 2.64. The van der Waals surface area contributed by atoms with E-state index < -0.39 is 0 Å². The summed E-state index contributed by atoms with van der Waals surface area (Å²) in [5, 5.41) is 6.89. The van der Waals surface area contributed by atoms with Crippen LogP contribution in [-0.2, 0) is 4.79 Å². The monoisotopic (exact) mass is 324 g/mol. The van der Waals surface area contributed by atoms with Crippen molar-refractivity contribution in [2.45, 2.75) is 37.8 Å². The van der Waals surface area contributed by atoms with Crippen molar-refractivity contribution in [2.75, 3.05) is 7.05 Å². The lowest BCUT2D eigenvalue weighted by Gasteiger charge is -2.50. The summed E-state index contributed by atoms with van der Waals surface area (Å²) in [4.78, 5) is 15.7. The Labute approximate surface area is 143 Å². The third kappa shape index (κ3) is 3.34. The second-order valence-corrected chi connectivity index (χ2v) is 6.63. The fourth-order valence-electron chi connectivity index (χ4n) is 4.25. The van der Waals surface area contributed by atoms with E-state index in [4.69, 9.17) is 14.9 Å². The Bertz CT molecular complexity index is 647. The van der Waals surface area contributed by atoms with E-state index in [-0.39, 0.29) is 6.47 Å². The number of hydrogen-bond acceptors (Lipinski definition) is 3. The molecule has 1 aromatic carbocycles. The number of hydrogen-bond donors (Lipinski definition) is 1. The molecule has 3 aliphatic rings. The number of benzene rings is 1. The van der Waals surface area contributed by atoms with Crippen molar-refractivity contribution in [3.05, 3.63) is 54.2 Å². The van der Waals surface area contributed by atoms with Crippen LogP contribution < -0.4 is 0 Å². The standard InChI is InChI=1S/C19H22N2.CH2O2/c1-21-17-10-7-15(8-11-17)19(21)16-9-12-18(20-13-16)14-5-3-2-4-6-14;2-1-3/h2-6,9,12-13,15,17,19H,7-8,10-11H2,1H3;1H,(H,2,3). The van der Waals surface area contributed by atoms with E-state index in [2.05, 4.69) is 54.5 Å². The van der Waals surface area contributed by atoms with Crippen LogP contribution in [0.4, 0.5) is 0 Å². The highest BCUT2D eigenvalue weighted by Crippen LogP contribution is 2.46. The fourth-order valence-corrected chi connectivity index (χ4v) is 4.25. The number of aromatic nitrogens is 1. The van der Waals surface area contributed by atoms with E-state index in [1.54, 1.807) is 0 Å². The second-order valence-electron chi connectivity index (χ2n) is 6.63. The topological polar surface area (TPSA) is 53.4 Å².